The maximum Gasteiger partial charge on any atom is -0.00568 e. The predicted octanol–water partition coefficient (Wildman–Crippen LogP) is 5.21. The van der Waals surface area contributed by atoms with Crippen LogP contribution in [0.1, 0.15) is 38.8 Å². The van der Waals surface area contributed by atoms with Gasteiger partial charge in [0.2, 0.25) is 0 Å². The molecule has 0 unspecified atom stereocenters. The van der Waals surface area contributed by atoms with Gasteiger partial charge in [0, 0.05) is 0 Å². The van der Waals surface area contributed by atoms with Crippen LogP contribution in [0.25, 0.3) is 11.1 Å². The van der Waals surface area contributed by atoms with Crippen LogP contribution in [0.4, 0.5) is 0 Å². The highest BCUT2D eigenvalue weighted by atomic mass is 14.3. The first-order valence-electron chi connectivity index (χ1n) is 6.86. The minimum atomic E-state index is 0.255. The van der Waals surface area contributed by atoms with Crippen LogP contribution in [0.3, 0.4) is 0 Å². The molecular formula is C18H22. The third kappa shape index (κ3) is 2.08. The van der Waals surface area contributed by atoms with Crippen molar-refractivity contribution in [1.29, 1.82) is 0 Å². The van der Waals surface area contributed by atoms with Gasteiger partial charge in [0.1, 0.15) is 0 Å². The van der Waals surface area contributed by atoms with Gasteiger partial charge in [-0.3, -0.25) is 0 Å². The summed E-state index contributed by atoms with van der Waals surface area (Å²) in [6.45, 7) is 8.67. The van der Waals surface area contributed by atoms with Crippen molar-refractivity contribution < 1.29 is 0 Å². The van der Waals surface area contributed by atoms with E-state index in [2.05, 4.69) is 62.4 Å². The first-order valence-corrected chi connectivity index (χ1v) is 6.86. The maximum atomic E-state index is 2.34. The van der Waals surface area contributed by atoms with E-state index in [0.29, 0.717) is 0 Å². The van der Waals surface area contributed by atoms with Crippen LogP contribution in [0.2, 0.25) is 0 Å². The zero-order chi connectivity index (χ0) is 13.2. The molecule has 0 bridgehead atoms. The zero-order valence-corrected chi connectivity index (χ0v) is 11.8. The van der Waals surface area contributed by atoms with Crippen LogP contribution >= 0.6 is 0 Å². The smallest absolute Gasteiger partial charge is 0.00568 e. The summed E-state index contributed by atoms with van der Waals surface area (Å²) in [5.41, 5.74) is 6.04. The number of hydrogen-bond donors (Lipinski definition) is 0. The molecule has 0 heteroatoms. The lowest BCUT2D eigenvalue weighted by Gasteiger charge is -2.34. The number of rotatable bonds is 0. The van der Waals surface area contributed by atoms with E-state index in [1.54, 1.807) is 0 Å². The summed E-state index contributed by atoms with van der Waals surface area (Å²) >= 11 is 0. The van der Waals surface area contributed by atoms with E-state index >= 15 is 0 Å². The van der Waals surface area contributed by atoms with Crippen molar-refractivity contribution in [3.63, 3.8) is 0 Å². The Morgan fingerprint density at radius 3 is 2.06 bits per heavy atom. The van der Waals surface area contributed by atoms with Crippen LogP contribution in [0.5, 0.6) is 0 Å². The zero-order valence-electron chi connectivity index (χ0n) is 11.8. The molecule has 2 aromatic carbocycles. The maximum absolute atomic E-state index is 2.34. The lowest BCUT2D eigenvalue weighted by molar-refractivity contribution is 0.517. The highest BCUT2D eigenvalue weighted by molar-refractivity contribution is 5.74. The average Bonchev–Trinajstić information content (AvgIpc) is 2.41. The molecule has 0 saturated carbocycles. The Morgan fingerprint density at radius 2 is 1.33 bits per heavy atom. The first-order chi connectivity index (χ1) is 8.68. The van der Waals surface area contributed by atoms with Gasteiger partial charge < -0.3 is 0 Å². The fourth-order valence-corrected chi connectivity index (χ4v) is 2.82. The minimum absolute atomic E-state index is 0.255. The van der Waals surface area contributed by atoms with Crippen molar-refractivity contribution in [3.8, 4) is 11.1 Å². The van der Waals surface area contributed by atoms with Gasteiger partial charge in [-0.2, -0.15) is 0 Å². The molecule has 0 fully saturated rings. The molecule has 0 saturated heterocycles. The normalized spacial score (nSPS) is 14.9. The largest absolute Gasteiger partial charge is 0.0683 e. The van der Waals surface area contributed by atoms with Crippen molar-refractivity contribution in [2.24, 2.45) is 0 Å². The molecule has 0 N–H and O–H groups in total. The fraction of sp³-hybridized carbons (Fsp3) is 0.333. The van der Waals surface area contributed by atoms with E-state index in [0.717, 1.165) is 6.42 Å². The molecule has 0 spiro atoms. The SMILES string of the molecule is CC.CC1(C)Cc2ccccc2-c2ccccc21. The van der Waals surface area contributed by atoms with Crippen LogP contribution < -0.4 is 0 Å². The van der Waals surface area contributed by atoms with Gasteiger partial charge >= 0.3 is 0 Å². The standard InChI is InChI=1S/C16H16.C2H6/c1-16(2)11-12-7-3-4-8-13(12)14-9-5-6-10-15(14)16;1-2/h3-10H,11H2,1-2H3;1-2H3. The molecule has 94 valence electrons. The van der Waals surface area contributed by atoms with Crippen LogP contribution in [0, 0.1) is 0 Å². The lowest BCUT2D eigenvalue weighted by Crippen LogP contribution is -2.25. The van der Waals surface area contributed by atoms with E-state index in [1.807, 2.05) is 13.8 Å². The van der Waals surface area contributed by atoms with Crippen molar-refractivity contribution in [2.75, 3.05) is 0 Å². The molecule has 0 amide bonds. The molecule has 2 aromatic rings. The van der Waals surface area contributed by atoms with Gasteiger partial charge in [0.15, 0.2) is 0 Å². The van der Waals surface area contributed by atoms with E-state index < -0.39 is 0 Å². The lowest BCUT2D eigenvalue weighted by atomic mass is 9.70. The summed E-state index contributed by atoms with van der Waals surface area (Å²) in [5.74, 6) is 0. The Bertz CT molecular complexity index is 535. The number of fused-ring (bicyclic) bond motifs is 3. The summed E-state index contributed by atoms with van der Waals surface area (Å²) < 4.78 is 0. The molecule has 1 aliphatic carbocycles. The quantitative estimate of drug-likeness (QED) is 0.590. The van der Waals surface area contributed by atoms with Crippen molar-refractivity contribution in [1.82, 2.24) is 0 Å². The molecule has 18 heavy (non-hydrogen) atoms. The van der Waals surface area contributed by atoms with Crippen LogP contribution in [-0.4, -0.2) is 0 Å². The molecule has 0 aliphatic heterocycles. The summed E-state index contributed by atoms with van der Waals surface area (Å²) in [7, 11) is 0. The fourth-order valence-electron chi connectivity index (χ4n) is 2.82. The van der Waals surface area contributed by atoms with Crippen molar-refractivity contribution in [3.05, 3.63) is 59.7 Å². The van der Waals surface area contributed by atoms with Crippen molar-refractivity contribution >= 4 is 0 Å². The molecule has 3 rings (SSSR count). The summed E-state index contributed by atoms with van der Waals surface area (Å²) in [6, 6.07) is 17.6. The van der Waals surface area contributed by atoms with Crippen molar-refractivity contribution in [2.45, 2.75) is 39.5 Å². The Balaban J connectivity index is 0.000000574. The second-order valence-corrected chi connectivity index (χ2v) is 5.26. The topological polar surface area (TPSA) is 0 Å². The Hall–Kier alpha value is -1.56. The third-order valence-corrected chi connectivity index (χ3v) is 3.60. The van der Waals surface area contributed by atoms with Gasteiger partial charge in [-0.05, 0) is 34.1 Å². The van der Waals surface area contributed by atoms with Gasteiger partial charge in [0.25, 0.3) is 0 Å². The van der Waals surface area contributed by atoms with Crippen LogP contribution in [0.15, 0.2) is 48.5 Å². The second-order valence-electron chi connectivity index (χ2n) is 5.26. The molecule has 0 heterocycles. The summed E-state index contributed by atoms with van der Waals surface area (Å²) in [4.78, 5) is 0. The highest BCUT2D eigenvalue weighted by Crippen LogP contribution is 2.42. The predicted molar refractivity (Wildman–Crippen MR) is 80.0 cm³/mol. The van der Waals surface area contributed by atoms with E-state index in [-0.39, 0.29) is 5.41 Å². The highest BCUT2D eigenvalue weighted by Gasteiger charge is 2.29. The Kier molecular flexibility index (Phi) is 3.56. The minimum Gasteiger partial charge on any atom is -0.0683 e. The summed E-state index contributed by atoms with van der Waals surface area (Å²) in [6.07, 6.45) is 1.14. The Morgan fingerprint density at radius 1 is 0.778 bits per heavy atom. The van der Waals surface area contributed by atoms with E-state index in [4.69, 9.17) is 0 Å². The number of benzene rings is 2. The monoisotopic (exact) mass is 238 g/mol. The Labute approximate surface area is 111 Å². The van der Waals surface area contributed by atoms with Gasteiger partial charge in [-0.1, -0.05) is 76.2 Å². The first kappa shape index (κ1) is 12.9. The van der Waals surface area contributed by atoms with E-state index in [9.17, 15) is 0 Å². The molecule has 1 aliphatic rings. The van der Waals surface area contributed by atoms with Gasteiger partial charge in [0.05, 0.1) is 0 Å². The molecule has 0 radical (unpaired) electrons. The van der Waals surface area contributed by atoms with Crippen LogP contribution in [-0.2, 0) is 11.8 Å². The van der Waals surface area contributed by atoms with E-state index in [1.165, 1.54) is 22.3 Å². The second kappa shape index (κ2) is 4.97. The summed E-state index contributed by atoms with van der Waals surface area (Å²) in [5, 5.41) is 0. The molecule has 0 atom stereocenters. The molecule has 0 aromatic heterocycles. The molecule has 0 nitrogen and oxygen atoms in total. The third-order valence-electron chi connectivity index (χ3n) is 3.60. The molecular weight excluding hydrogens is 216 g/mol. The number of hydrogen-bond acceptors (Lipinski definition) is 0. The van der Waals surface area contributed by atoms with Gasteiger partial charge in [-0.15, -0.1) is 0 Å². The van der Waals surface area contributed by atoms with Gasteiger partial charge in [-0.25, -0.2) is 0 Å². The average molecular weight is 238 g/mol.